The Morgan fingerprint density at radius 2 is 2.09 bits per heavy atom. The maximum atomic E-state index is 14.4. The van der Waals surface area contributed by atoms with Gasteiger partial charge in [-0.05, 0) is 74.3 Å². The van der Waals surface area contributed by atoms with Gasteiger partial charge in [0.05, 0.1) is 16.3 Å². The number of aromatic nitrogens is 3. The number of hydrogen-bond donors (Lipinski definition) is 2. The molecule has 4 rings (SSSR count). The van der Waals surface area contributed by atoms with E-state index in [1.54, 1.807) is 48.8 Å². The van der Waals surface area contributed by atoms with Gasteiger partial charge in [-0.15, -0.1) is 0 Å². The molecule has 10 heteroatoms. The molecule has 0 aromatic carbocycles. The number of allylic oxidation sites excluding steroid dienone is 3. The van der Waals surface area contributed by atoms with E-state index in [1.165, 1.54) is 6.08 Å². The Hall–Kier alpha value is -3.37. The van der Waals surface area contributed by atoms with Crippen molar-refractivity contribution in [1.82, 2.24) is 25.6 Å². The molecule has 182 valence electrons. The number of anilines is 1. The summed E-state index contributed by atoms with van der Waals surface area (Å²) in [5.41, 5.74) is 1.80. The van der Waals surface area contributed by atoms with Crippen molar-refractivity contribution in [2.75, 3.05) is 24.5 Å². The number of thioether (sulfide) groups is 1. The maximum Gasteiger partial charge on any atom is 0.290 e. The van der Waals surface area contributed by atoms with Crippen LogP contribution >= 0.6 is 11.8 Å². The van der Waals surface area contributed by atoms with E-state index in [-0.39, 0.29) is 11.1 Å². The van der Waals surface area contributed by atoms with Crippen LogP contribution in [0.4, 0.5) is 15.1 Å². The lowest BCUT2D eigenvalue weighted by molar-refractivity contribution is -0.115. The average molecular weight is 495 g/mol. The molecule has 8 nitrogen and oxygen atoms in total. The van der Waals surface area contributed by atoms with Crippen molar-refractivity contribution >= 4 is 40.8 Å². The molecule has 0 atom stereocenters. The molecule has 2 amide bonds. The van der Waals surface area contributed by atoms with Crippen molar-refractivity contribution in [3.63, 3.8) is 0 Å². The van der Waals surface area contributed by atoms with Crippen LogP contribution in [0.3, 0.4) is 0 Å². The van der Waals surface area contributed by atoms with Gasteiger partial charge in [0.15, 0.2) is 0 Å². The molecule has 2 aliphatic rings. The zero-order valence-electron chi connectivity index (χ0n) is 19.4. The first-order valence-corrected chi connectivity index (χ1v) is 12.3. The molecule has 0 saturated carbocycles. The Labute approximate surface area is 207 Å². The summed E-state index contributed by atoms with van der Waals surface area (Å²) in [5.74, 6) is 0.402. The largest absolute Gasteiger partial charge is 0.341 e. The lowest BCUT2D eigenvalue weighted by atomic mass is 9.97. The molecule has 0 spiro atoms. The van der Waals surface area contributed by atoms with E-state index in [1.807, 2.05) is 6.92 Å². The molecule has 4 heterocycles. The van der Waals surface area contributed by atoms with Crippen LogP contribution in [0.5, 0.6) is 0 Å². The van der Waals surface area contributed by atoms with E-state index in [4.69, 9.17) is 0 Å². The molecule has 0 aliphatic carbocycles. The van der Waals surface area contributed by atoms with Crippen molar-refractivity contribution in [2.45, 2.75) is 26.3 Å². The number of hydrogen-bond acceptors (Lipinski definition) is 8. The Balaban J connectivity index is 1.29. The topological polar surface area (TPSA) is 100 Å². The summed E-state index contributed by atoms with van der Waals surface area (Å²) in [7, 11) is 0. The maximum absolute atomic E-state index is 14.4. The van der Waals surface area contributed by atoms with Gasteiger partial charge in [0, 0.05) is 37.6 Å². The van der Waals surface area contributed by atoms with Crippen molar-refractivity contribution in [1.29, 1.82) is 0 Å². The third-order valence-electron chi connectivity index (χ3n) is 5.79. The number of amides is 2. The van der Waals surface area contributed by atoms with Crippen LogP contribution in [0, 0.1) is 5.92 Å². The van der Waals surface area contributed by atoms with Gasteiger partial charge in [0.25, 0.3) is 11.1 Å². The zero-order chi connectivity index (χ0) is 24.6. The van der Waals surface area contributed by atoms with Gasteiger partial charge in [-0.3, -0.25) is 19.9 Å². The van der Waals surface area contributed by atoms with Crippen LogP contribution in [-0.4, -0.2) is 45.7 Å². The highest BCUT2D eigenvalue weighted by Crippen LogP contribution is 2.26. The second-order valence-corrected chi connectivity index (χ2v) is 9.25. The second kappa shape index (κ2) is 11.9. The lowest BCUT2D eigenvalue weighted by Gasteiger charge is -2.32. The van der Waals surface area contributed by atoms with Gasteiger partial charge in [-0.2, -0.15) is 0 Å². The smallest absolute Gasteiger partial charge is 0.290 e. The van der Waals surface area contributed by atoms with Gasteiger partial charge in [-0.25, -0.2) is 14.4 Å². The van der Waals surface area contributed by atoms with Crippen LogP contribution in [0.1, 0.15) is 36.7 Å². The number of imide groups is 1. The summed E-state index contributed by atoms with van der Waals surface area (Å²) < 4.78 is 14.4. The normalized spacial score (nSPS) is 18.6. The minimum absolute atomic E-state index is 0.294. The predicted molar refractivity (Wildman–Crippen MR) is 136 cm³/mol. The Morgan fingerprint density at radius 1 is 1.26 bits per heavy atom. The summed E-state index contributed by atoms with van der Waals surface area (Å²) in [6, 6.07) is 5.20. The monoisotopic (exact) mass is 494 g/mol. The first-order valence-electron chi connectivity index (χ1n) is 11.5. The van der Waals surface area contributed by atoms with E-state index in [9.17, 15) is 14.0 Å². The lowest BCUT2D eigenvalue weighted by Crippen LogP contribution is -2.38. The summed E-state index contributed by atoms with van der Waals surface area (Å²) in [6.07, 6.45) is 11.8. The number of carbonyl (C=O) groups excluding carboxylic acids is 2. The van der Waals surface area contributed by atoms with E-state index >= 15 is 0 Å². The minimum atomic E-state index is -0.400. The fourth-order valence-corrected chi connectivity index (χ4v) is 4.62. The zero-order valence-corrected chi connectivity index (χ0v) is 20.2. The van der Waals surface area contributed by atoms with Gasteiger partial charge in [0.1, 0.15) is 5.83 Å². The number of piperidine rings is 1. The number of halogens is 1. The molecule has 2 aromatic heterocycles. The van der Waals surface area contributed by atoms with Crippen LogP contribution in [-0.2, 0) is 11.3 Å². The fourth-order valence-electron chi connectivity index (χ4n) is 3.95. The fraction of sp³-hybridized carbons (Fsp3) is 0.320. The molecule has 2 N–H and O–H groups in total. The molecule has 2 fully saturated rings. The third-order valence-corrected chi connectivity index (χ3v) is 6.60. The molecule has 2 aliphatic heterocycles. The molecule has 0 unspecified atom stereocenters. The molecular weight excluding hydrogens is 467 g/mol. The Kier molecular flexibility index (Phi) is 8.38. The highest BCUT2D eigenvalue weighted by Gasteiger charge is 2.26. The minimum Gasteiger partial charge on any atom is -0.341 e. The SMILES string of the molecule is C/C=C\C=C(/F)c1cccnc1CNCC1CCN(c2nccc(/C=C3\SC(=O)NC3=O)n2)CC1. The summed E-state index contributed by atoms with van der Waals surface area (Å²) >= 11 is 0.871. The molecular formula is C25H27FN6O2S. The van der Waals surface area contributed by atoms with Crippen molar-refractivity contribution in [2.24, 2.45) is 5.92 Å². The quantitative estimate of drug-likeness (QED) is 0.418. The second-order valence-electron chi connectivity index (χ2n) is 8.23. The number of nitrogens with zero attached hydrogens (tertiary/aromatic N) is 4. The van der Waals surface area contributed by atoms with E-state index in [0.29, 0.717) is 40.3 Å². The van der Waals surface area contributed by atoms with Gasteiger partial charge in [0.2, 0.25) is 5.95 Å². The average Bonchev–Trinajstić information content (AvgIpc) is 3.19. The van der Waals surface area contributed by atoms with Crippen LogP contribution < -0.4 is 15.5 Å². The number of carbonyl (C=O) groups is 2. The van der Waals surface area contributed by atoms with Crippen LogP contribution in [0.15, 0.2) is 53.7 Å². The Morgan fingerprint density at radius 3 is 2.83 bits per heavy atom. The van der Waals surface area contributed by atoms with Crippen molar-refractivity contribution < 1.29 is 14.0 Å². The summed E-state index contributed by atoms with van der Waals surface area (Å²) in [5, 5.41) is 5.30. The molecule has 0 radical (unpaired) electrons. The standard InChI is InChI=1S/C25H27FN6O2S/c1-2-3-6-20(26)19-5-4-10-28-21(19)16-27-15-17-8-12-32(13-9-17)24-29-11-7-18(30-24)14-22-23(33)31-25(34)35-22/h2-7,10-11,14,17,27H,8-9,12-13,15-16H2,1H3,(H,31,33,34)/b3-2-,20-6-,22-14-. The predicted octanol–water partition coefficient (Wildman–Crippen LogP) is 4.09. The number of pyridine rings is 1. The van der Waals surface area contributed by atoms with Crippen LogP contribution in [0.2, 0.25) is 0 Å². The van der Waals surface area contributed by atoms with Gasteiger partial charge >= 0.3 is 0 Å². The van der Waals surface area contributed by atoms with Crippen molar-refractivity contribution in [3.05, 3.63) is 70.7 Å². The van der Waals surface area contributed by atoms with E-state index < -0.39 is 5.91 Å². The Bertz CT molecular complexity index is 1170. The van der Waals surface area contributed by atoms with Gasteiger partial charge in [-0.1, -0.05) is 12.2 Å². The highest BCUT2D eigenvalue weighted by atomic mass is 32.2. The number of rotatable bonds is 8. The molecule has 0 bridgehead atoms. The molecule has 2 aromatic rings. The van der Waals surface area contributed by atoms with Crippen LogP contribution in [0.25, 0.3) is 11.9 Å². The third kappa shape index (κ3) is 6.61. The first kappa shape index (κ1) is 24.7. The first-order chi connectivity index (χ1) is 17.0. The number of nitrogens with one attached hydrogen (secondary N) is 2. The van der Waals surface area contributed by atoms with Gasteiger partial charge < -0.3 is 10.2 Å². The summed E-state index contributed by atoms with van der Waals surface area (Å²) in [4.78, 5) is 38.9. The van der Waals surface area contributed by atoms with E-state index in [2.05, 4.69) is 30.5 Å². The van der Waals surface area contributed by atoms with Crippen molar-refractivity contribution in [3.8, 4) is 0 Å². The molecule has 35 heavy (non-hydrogen) atoms. The highest BCUT2D eigenvalue weighted by molar-refractivity contribution is 8.18. The van der Waals surface area contributed by atoms with E-state index in [0.717, 1.165) is 44.2 Å². The molecule has 2 saturated heterocycles. The summed E-state index contributed by atoms with van der Waals surface area (Å²) in [6.45, 7) is 4.80.